The number of aliphatic hydroxyl groups is 1. The Morgan fingerprint density at radius 3 is 2.75 bits per heavy atom. The Labute approximate surface area is 120 Å². The van der Waals surface area contributed by atoms with E-state index in [0.29, 0.717) is 18.9 Å². The Morgan fingerprint density at radius 2 is 2.15 bits per heavy atom. The summed E-state index contributed by atoms with van der Waals surface area (Å²) in [4.78, 5) is 13.8. The third kappa shape index (κ3) is 4.85. The minimum absolute atomic E-state index is 0.0242. The average molecular weight is 282 g/mol. The Hall–Kier alpha value is -1.56. The van der Waals surface area contributed by atoms with E-state index in [1.165, 1.54) is 0 Å². The number of rotatable bonds is 8. The number of anilines is 1. The van der Waals surface area contributed by atoms with Crippen LogP contribution in [-0.4, -0.2) is 45.5 Å². The van der Waals surface area contributed by atoms with Crippen LogP contribution in [0.4, 0.5) is 10.6 Å². The van der Waals surface area contributed by atoms with Crippen molar-refractivity contribution >= 4 is 11.8 Å². The zero-order chi connectivity index (χ0) is 15.0. The van der Waals surface area contributed by atoms with Gasteiger partial charge in [0.2, 0.25) is 0 Å². The maximum absolute atomic E-state index is 12.2. The van der Waals surface area contributed by atoms with E-state index in [0.717, 1.165) is 31.4 Å². The van der Waals surface area contributed by atoms with Crippen molar-refractivity contribution in [3.05, 3.63) is 11.8 Å². The number of unbranched alkanes of at least 4 members (excludes halogenated alkanes) is 1. The van der Waals surface area contributed by atoms with E-state index in [1.807, 2.05) is 13.1 Å². The number of aliphatic hydroxyl groups excluding tert-OH is 1. The van der Waals surface area contributed by atoms with Crippen molar-refractivity contribution in [3.63, 3.8) is 0 Å². The second-order valence-corrected chi connectivity index (χ2v) is 4.89. The molecule has 2 amide bonds. The first-order chi connectivity index (χ1) is 9.62. The fourth-order valence-electron chi connectivity index (χ4n) is 2.00. The highest BCUT2D eigenvalue weighted by Gasteiger charge is 2.14. The second-order valence-electron chi connectivity index (χ2n) is 4.89. The lowest BCUT2D eigenvalue weighted by Gasteiger charge is -2.21. The summed E-state index contributed by atoms with van der Waals surface area (Å²) in [7, 11) is 1.82. The number of urea groups is 1. The Morgan fingerprint density at radius 1 is 1.40 bits per heavy atom. The van der Waals surface area contributed by atoms with Crippen LogP contribution in [0.1, 0.15) is 38.8 Å². The van der Waals surface area contributed by atoms with Crippen LogP contribution in [0.2, 0.25) is 0 Å². The molecule has 0 atom stereocenters. The van der Waals surface area contributed by atoms with Crippen LogP contribution in [0.3, 0.4) is 0 Å². The molecule has 0 aliphatic heterocycles. The molecule has 1 heterocycles. The quantitative estimate of drug-likeness (QED) is 0.766. The van der Waals surface area contributed by atoms with Crippen molar-refractivity contribution in [1.29, 1.82) is 0 Å². The van der Waals surface area contributed by atoms with Crippen LogP contribution in [0.25, 0.3) is 0 Å². The molecule has 0 fully saturated rings. The third-order valence-corrected chi connectivity index (χ3v) is 3.11. The molecule has 114 valence electrons. The molecule has 0 saturated heterocycles. The molecule has 1 aromatic rings. The van der Waals surface area contributed by atoms with Crippen molar-refractivity contribution in [3.8, 4) is 0 Å². The number of nitrogens with zero attached hydrogens (tertiary/aromatic N) is 3. The van der Waals surface area contributed by atoms with Crippen LogP contribution < -0.4 is 5.32 Å². The topological polar surface area (TPSA) is 70.4 Å². The molecule has 6 heteroatoms. The van der Waals surface area contributed by atoms with E-state index in [-0.39, 0.29) is 12.6 Å². The SMILES string of the molecule is CCCCN(CCO)C(=O)Nc1cc(CCC)nn1C. The molecule has 2 N–H and O–H groups in total. The number of amides is 2. The largest absolute Gasteiger partial charge is 0.395 e. The zero-order valence-electron chi connectivity index (χ0n) is 12.7. The summed E-state index contributed by atoms with van der Waals surface area (Å²) in [6, 6.07) is 1.72. The fraction of sp³-hybridized carbons (Fsp3) is 0.714. The highest BCUT2D eigenvalue weighted by molar-refractivity contribution is 5.88. The van der Waals surface area contributed by atoms with Gasteiger partial charge in [-0.05, 0) is 12.8 Å². The summed E-state index contributed by atoms with van der Waals surface area (Å²) in [5.41, 5.74) is 0.979. The summed E-state index contributed by atoms with van der Waals surface area (Å²) in [5, 5.41) is 16.3. The zero-order valence-corrected chi connectivity index (χ0v) is 12.7. The molecular formula is C14H26N4O2. The predicted molar refractivity (Wildman–Crippen MR) is 79.8 cm³/mol. The van der Waals surface area contributed by atoms with E-state index >= 15 is 0 Å². The van der Waals surface area contributed by atoms with Gasteiger partial charge in [-0.1, -0.05) is 26.7 Å². The fourth-order valence-corrected chi connectivity index (χ4v) is 2.00. The van der Waals surface area contributed by atoms with Crippen molar-refractivity contribution in [2.45, 2.75) is 39.5 Å². The predicted octanol–water partition coefficient (Wildman–Crippen LogP) is 2.00. The van der Waals surface area contributed by atoms with E-state index in [9.17, 15) is 4.79 Å². The standard InChI is InChI=1S/C14H26N4O2/c1-4-6-8-18(9-10-19)14(20)15-13-11-12(7-5-2)16-17(13)3/h11,19H,4-10H2,1-3H3,(H,15,20). The maximum atomic E-state index is 12.2. The van der Waals surface area contributed by atoms with Crippen LogP contribution in [-0.2, 0) is 13.5 Å². The van der Waals surface area contributed by atoms with Gasteiger partial charge in [-0.3, -0.25) is 10.00 Å². The van der Waals surface area contributed by atoms with Crippen LogP contribution in [0.15, 0.2) is 6.07 Å². The molecule has 0 spiro atoms. The van der Waals surface area contributed by atoms with Gasteiger partial charge in [-0.15, -0.1) is 0 Å². The van der Waals surface area contributed by atoms with Crippen LogP contribution in [0, 0.1) is 0 Å². The molecule has 0 bridgehead atoms. The Balaban J connectivity index is 2.66. The average Bonchev–Trinajstić information content (AvgIpc) is 2.75. The number of hydrogen-bond donors (Lipinski definition) is 2. The van der Waals surface area contributed by atoms with Crippen molar-refractivity contribution in [2.24, 2.45) is 7.05 Å². The summed E-state index contributed by atoms with van der Waals surface area (Å²) < 4.78 is 1.68. The number of hydrogen-bond acceptors (Lipinski definition) is 3. The summed E-state index contributed by atoms with van der Waals surface area (Å²) in [6.07, 6.45) is 3.87. The Kier molecular flexibility index (Phi) is 7.08. The molecule has 0 saturated carbocycles. The van der Waals surface area contributed by atoms with Gasteiger partial charge in [0.05, 0.1) is 12.3 Å². The lowest BCUT2D eigenvalue weighted by atomic mass is 10.2. The number of aryl methyl sites for hydroxylation is 2. The molecule has 1 aromatic heterocycles. The van der Waals surface area contributed by atoms with E-state index < -0.39 is 0 Å². The van der Waals surface area contributed by atoms with Gasteiger partial charge in [-0.25, -0.2) is 4.79 Å². The number of aromatic nitrogens is 2. The van der Waals surface area contributed by atoms with E-state index in [2.05, 4.69) is 24.3 Å². The van der Waals surface area contributed by atoms with Gasteiger partial charge < -0.3 is 10.0 Å². The van der Waals surface area contributed by atoms with Gasteiger partial charge in [0.15, 0.2) is 0 Å². The highest BCUT2D eigenvalue weighted by atomic mass is 16.3. The number of nitrogens with one attached hydrogen (secondary N) is 1. The smallest absolute Gasteiger partial charge is 0.323 e. The number of carbonyl (C=O) groups excluding carboxylic acids is 1. The normalized spacial score (nSPS) is 10.6. The monoisotopic (exact) mass is 282 g/mol. The first kappa shape index (κ1) is 16.5. The molecular weight excluding hydrogens is 256 g/mol. The van der Waals surface area contributed by atoms with Crippen molar-refractivity contribution in [2.75, 3.05) is 25.0 Å². The van der Waals surface area contributed by atoms with Gasteiger partial charge in [0.25, 0.3) is 0 Å². The molecule has 20 heavy (non-hydrogen) atoms. The first-order valence-corrected chi connectivity index (χ1v) is 7.32. The van der Waals surface area contributed by atoms with Crippen LogP contribution in [0.5, 0.6) is 0 Å². The molecule has 0 unspecified atom stereocenters. The Bertz CT molecular complexity index is 417. The molecule has 0 aliphatic rings. The third-order valence-electron chi connectivity index (χ3n) is 3.11. The first-order valence-electron chi connectivity index (χ1n) is 7.32. The molecule has 1 rings (SSSR count). The lowest BCUT2D eigenvalue weighted by Crippen LogP contribution is -2.38. The van der Waals surface area contributed by atoms with Gasteiger partial charge in [0, 0.05) is 26.2 Å². The maximum Gasteiger partial charge on any atom is 0.323 e. The van der Waals surface area contributed by atoms with E-state index in [1.54, 1.807) is 9.58 Å². The minimum Gasteiger partial charge on any atom is -0.395 e. The van der Waals surface area contributed by atoms with E-state index in [4.69, 9.17) is 5.11 Å². The highest BCUT2D eigenvalue weighted by Crippen LogP contribution is 2.11. The second kappa shape index (κ2) is 8.58. The van der Waals surface area contributed by atoms with Crippen LogP contribution >= 0.6 is 0 Å². The van der Waals surface area contributed by atoms with Crippen molar-refractivity contribution in [1.82, 2.24) is 14.7 Å². The van der Waals surface area contributed by atoms with Gasteiger partial charge >= 0.3 is 6.03 Å². The summed E-state index contributed by atoms with van der Waals surface area (Å²) in [5.74, 6) is 0.692. The minimum atomic E-state index is -0.182. The van der Waals surface area contributed by atoms with Gasteiger partial charge in [-0.2, -0.15) is 5.10 Å². The molecule has 0 aromatic carbocycles. The van der Waals surface area contributed by atoms with Gasteiger partial charge in [0.1, 0.15) is 5.82 Å². The number of carbonyl (C=O) groups is 1. The molecule has 0 radical (unpaired) electrons. The summed E-state index contributed by atoms with van der Waals surface area (Å²) in [6.45, 7) is 5.16. The lowest BCUT2D eigenvalue weighted by molar-refractivity contribution is 0.187. The molecule has 6 nitrogen and oxygen atoms in total. The summed E-state index contributed by atoms with van der Waals surface area (Å²) >= 11 is 0. The molecule has 0 aliphatic carbocycles. The van der Waals surface area contributed by atoms with Crippen molar-refractivity contribution < 1.29 is 9.90 Å².